The molecule has 3 N–H and O–H groups in total. The summed E-state index contributed by atoms with van der Waals surface area (Å²) in [5.74, 6) is 0.553. The van der Waals surface area contributed by atoms with Crippen LogP contribution in [0.4, 0.5) is 4.39 Å². The third-order valence-corrected chi connectivity index (χ3v) is 5.25. The lowest BCUT2D eigenvalue weighted by Crippen LogP contribution is -2.50. The number of nitrogens with two attached hydrogens (primary N) is 1. The van der Waals surface area contributed by atoms with Gasteiger partial charge in [-0.15, -0.1) is 0 Å². The number of halogens is 1. The summed E-state index contributed by atoms with van der Waals surface area (Å²) in [6, 6.07) is 6.48. The molecule has 1 saturated heterocycles. The second kappa shape index (κ2) is 7.71. The molecule has 1 aromatic carbocycles. The van der Waals surface area contributed by atoms with E-state index >= 15 is 0 Å². The van der Waals surface area contributed by atoms with Gasteiger partial charge < -0.3 is 10.8 Å². The van der Waals surface area contributed by atoms with Crippen molar-refractivity contribution >= 4 is 0 Å². The Morgan fingerprint density at radius 1 is 1.35 bits per heavy atom. The normalized spacial score (nSPS) is 26.8. The molecule has 0 saturated carbocycles. The minimum Gasteiger partial charge on any atom is -0.396 e. The van der Waals surface area contributed by atoms with E-state index in [1.807, 2.05) is 5.06 Å². The Hall–Kier alpha value is -1.01. The number of nitrogens with zero attached hydrogens (tertiary/aromatic N) is 1. The van der Waals surface area contributed by atoms with Crippen LogP contribution in [-0.2, 0) is 11.4 Å². The zero-order chi connectivity index (χ0) is 17.0. The largest absolute Gasteiger partial charge is 0.396 e. The van der Waals surface area contributed by atoms with Crippen LogP contribution in [0.3, 0.4) is 0 Å². The first-order valence-corrected chi connectivity index (χ1v) is 8.42. The lowest BCUT2D eigenvalue weighted by Gasteiger charge is -2.43. The number of hydrogen-bond acceptors (Lipinski definition) is 4. The van der Waals surface area contributed by atoms with Gasteiger partial charge in [-0.3, -0.25) is 4.84 Å². The Bertz CT molecular complexity index is 494. The summed E-state index contributed by atoms with van der Waals surface area (Å²) in [6.45, 7) is 7.72. The van der Waals surface area contributed by atoms with Gasteiger partial charge in [0.25, 0.3) is 0 Å². The number of aliphatic hydroxyl groups is 1. The van der Waals surface area contributed by atoms with Crippen molar-refractivity contribution in [2.75, 3.05) is 13.2 Å². The Balaban J connectivity index is 2.29. The van der Waals surface area contributed by atoms with Gasteiger partial charge in [-0.1, -0.05) is 32.9 Å². The lowest BCUT2D eigenvalue weighted by atomic mass is 9.73. The first-order chi connectivity index (χ1) is 10.9. The summed E-state index contributed by atoms with van der Waals surface area (Å²) in [6.07, 6.45) is 1.41. The number of benzene rings is 1. The second-order valence-corrected chi connectivity index (χ2v) is 6.94. The van der Waals surface area contributed by atoms with Crippen LogP contribution in [0.2, 0.25) is 0 Å². The van der Waals surface area contributed by atoms with Crippen LogP contribution in [0.15, 0.2) is 24.3 Å². The molecule has 1 heterocycles. The van der Waals surface area contributed by atoms with E-state index in [9.17, 15) is 9.50 Å². The monoisotopic (exact) mass is 324 g/mol. The van der Waals surface area contributed by atoms with Gasteiger partial charge in [-0.2, -0.15) is 5.06 Å². The van der Waals surface area contributed by atoms with Gasteiger partial charge in [-0.05, 0) is 42.4 Å². The van der Waals surface area contributed by atoms with Crippen molar-refractivity contribution in [3.05, 3.63) is 35.6 Å². The van der Waals surface area contributed by atoms with Gasteiger partial charge in [0, 0.05) is 19.7 Å². The van der Waals surface area contributed by atoms with Crippen molar-refractivity contribution in [1.82, 2.24) is 5.06 Å². The van der Waals surface area contributed by atoms with E-state index in [-0.39, 0.29) is 24.1 Å². The molecule has 0 bridgehead atoms. The average molecular weight is 324 g/mol. The van der Waals surface area contributed by atoms with Crippen molar-refractivity contribution in [3.63, 3.8) is 0 Å². The summed E-state index contributed by atoms with van der Waals surface area (Å²) in [7, 11) is 0. The first-order valence-electron chi connectivity index (χ1n) is 8.42. The summed E-state index contributed by atoms with van der Waals surface area (Å²) in [5, 5.41) is 11.6. The maximum Gasteiger partial charge on any atom is 0.123 e. The van der Waals surface area contributed by atoms with Crippen LogP contribution in [0.5, 0.6) is 0 Å². The van der Waals surface area contributed by atoms with Crippen LogP contribution in [0.1, 0.15) is 39.2 Å². The van der Waals surface area contributed by atoms with E-state index in [0.29, 0.717) is 31.3 Å². The maximum absolute atomic E-state index is 13.1. The van der Waals surface area contributed by atoms with Crippen molar-refractivity contribution in [1.29, 1.82) is 0 Å². The third kappa shape index (κ3) is 3.91. The predicted octanol–water partition coefficient (Wildman–Crippen LogP) is 2.70. The maximum atomic E-state index is 13.1. The number of aliphatic hydroxyl groups excluding tert-OH is 1. The quantitative estimate of drug-likeness (QED) is 0.810. The highest BCUT2D eigenvalue weighted by atomic mass is 19.1. The van der Waals surface area contributed by atoms with E-state index in [4.69, 9.17) is 10.6 Å². The zero-order valence-corrected chi connectivity index (χ0v) is 14.3. The molecular formula is C18H29FN2O2. The van der Waals surface area contributed by atoms with Gasteiger partial charge in [0.2, 0.25) is 0 Å². The molecule has 1 fully saturated rings. The van der Waals surface area contributed by atoms with Crippen LogP contribution in [-0.4, -0.2) is 35.0 Å². The van der Waals surface area contributed by atoms with Gasteiger partial charge in [0.15, 0.2) is 0 Å². The molecule has 130 valence electrons. The number of rotatable bonds is 7. The fourth-order valence-electron chi connectivity index (χ4n) is 3.58. The van der Waals surface area contributed by atoms with E-state index in [0.717, 1.165) is 12.0 Å². The molecule has 0 spiro atoms. The SMILES string of the molecule is CC(C)[C@@H](C)C1(CCO)C[C@H](CN)ON1Cc1ccc(F)cc1. The van der Waals surface area contributed by atoms with Gasteiger partial charge in [0.1, 0.15) is 5.82 Å². The number of hydroxylamine groups is 2. The Morgan fingerprint density at radius 2 is 2.00 bits per heavy atom. The molecule has 5 heteroatoms. The first kappa shape index (κ1) is 18.3. The molecule has 1 aromatic rings. The fraction of sp³-hybridized carbons (Fsp3) is 0.667. The van der Waals surface area contributed by atoms with Crippen LogP contribution in [0.25, 0.3) is 0 Å². The molecule has 0 aromatic heterocycles. The lowest BCUT2D eigenvalue weighted by molar-refractivity contribution is -0.210. The predicted molar refractivity (Wildman–Crippen MR) is 88.9 cm³/mol. The van der Waals surface area contributed by atoms with Gasteiger partial charge >= 0.3 is 0 Å². The van der Waals surface area contributed by atoms with Crippen molar-refractivity contribution in [3.8, 4) is 0 Å². The van der Waals surface area contributed by atoms with Crippen LogP contribution < -0.4 is 5.73 Å². The van der Waals surface area contributed by atoms with Crippen molar-refractivity contribution in [2.24, 2.45) is 17.6 Å². The molecule has 0 radical (unpaired) electrons. The summed E-state index contributed by atoms with van der Waals surface area (Å²) < 4.78 is 13.1. The molecule has 0 amide bonds. The Morgan fingerprint density at radius 3 is 2.52 bits per heavy atom. The minimum atomic E-state index is -0.249. The molecule has 3 atom stereocenters. The van der Waals surface area contributed by atoms with E-state index in [1.165, 1.54) is 12.1 Å². The molecule has 0 aliphatic carbocycles. The molecule has 1 aliphatic rings. The van der Waals surface area contributed by atoms with E-state index < -0.39 is 0 Å². The third-order valence-electron chi connectivity index (χ3n) is 5.25. The van der Waals surface area contributed by atoms with Crippen molar-refractivity contribution in [2.45, 2.75) is 51.8 Å². The van der Waals surface area contributed by atoms with Gasteiger partial charge in [-0.25, -0.2) is 4.39 Å². The summed E-state index contributed by atoms with van der Waals surface area (Å²) in [4.78, 5) is 6.09. The summed E-state index contributed by atoms with van der Waals surface area (Å²) >= 11 is 0. The zero-order valence-electron chi connectivity index (χ0n) is 14.3. The molecule has 2 rings (SSSR count). The second-order valence-electron chi connectivity index (χ2n) is 6.94. The van der Waals surface area contributed by atoms with Crippen molar-refractivity contribution < 1.29 is 14.3 Å². The molecule has 23 heavy (non-hydrogen) atoms. The topological polar surface area (TPSA) is 58.7 Å². The summed E-state index contributed by atoms with van der Waals surface area (Å²) in [5.41, 5.74) is 6.58. The molecule has 4 nitrogen and oxygen atoms in total. The smallest absolute Gasteiger partial charge is 0.123 e. The molecule has 1 unspecified atom stereocenters. The molecular weight excluding hydrogens is 295 g/mol. The Labute approximate surface area is 138 Å². The fourth-order valence-corrected chi connectivity index (χ4v) is 3.58. The van der Waals surface area contributed by atoms with Crippen LogP contribution in [0, 0.1) is 17.7 Å². The van der Waals surface area contributed by atoms with Crippen LogP contribution >= 0.6 is 0 Å². The van der Waals surface area contributed by atoms with E-state index in [1.54, 1.807) is 12.1 Å². The Kier molecular flexibility index (Phi) is 6.14. The molecule has 1 aliphatic heterocycles. The highest BCUT2D eigenvalue weighted by molar-refractivity contribution is 5.16. The average Bonchev–Trinajstić information content (AvgIpc) is 2.88. The highest BCUT2D eigenvalue weighted by Crippen LogP contribution is 2.43. The van der Waals surface area contributed by atoms with Gasteiger partial charge in [0.05, 0.1) is 11.6 Å². The standard InChI is InChI=1S/C18H29FN2O2/c1-13(2)14(3)18(8-9-22)10-17(11-20)23-21(18)12-15-4-6-16(19)7-5-15/h4-7,13-14,17,22H,8-12,20H2,1-3H3/t14-,17-,18?/m1/s1. The number of hydrogen-bond donors (Lipinski definition) is 2. The highest BCUT2D eigenvalue weighted by Gasteiger charge is 2.50. The van der Waals surface area contributed by atoms with E-state index in [2.05, 4.69) is 20.8 Å². The minimum absolute atomic E-state index is 0.0387.